The standard InChI is InChI=1S/C9H13N3O/c13-9-2-1-7(5-12-9)8-6-10-3-4-11-8/h1-2,5,8,10-11H,3-4,6H2,(H,12,13)/t8-/m0/s1. The van der Waals surface area contributed by atoms with Gasteiger partial charge in [0.25, 0.3) is 0 Å². The first-order valence-electron chi connectivity index (χ1n) is 4.49. The smallest absolute Gasteiger partial charge is 0.247 e. The van der Waals surface area contributed by atoms with Crippen molar-refractivity contribution < 1.29 is 0 Å². The van der Waals surface area contributed by atoms with Crippen LogP contribution in [0.1, 0.15) is 11.6 Å². The normalized spacial score (nSPS) is 22.9. The summed E-state index contributed by atoms with van der Waals surface area (Å²) in [7, 11) is 0. The highest BCUT2D eigenvalue weighted by Gasteiger charge is 2.13. The van der Waals surface area contributed by atoms with E-state index in [0.717, 1.165) is 25.2 Å². The molecule has 13 heavy (non-hydrogen) atoms. The maximum atomic E-state index is 10.8. The molecule has 1 atom stereocenters. The van der Waals surface area contributed by atoms with Gasteiger partial charge < -0.3 is 15.6 Å². The number of aromatic amines is 1. The number of nitrogens with one attached hydrogen (secondary N) is 3. The molecular formula is C9H13N3O. The number of piperazine rings is 1. The molecule has 0 amide bonds. The number of hydrogen-bond donors (Lipinski definition) is 3. The summed E-state index contributed by atoms with van der Waals surface area (Å²) in [6.45, 7) is 2.91. The largest absolute Gasteiger partial charge is 0.329 e. The molecular weight excluding hydrogens is 166 g/mol. The highest BCUT2D eigenvalue weighted by molar-refractivity contribution is 5.14. The maximum Gasteiger partial charge on any atom is 0.247 e. The van der Waals surface area contributed by atoms with Crippen LogP contribution in [0.4, 0.5) is 0 Å². The molecule has 1 fully saturated rings. The molecule has 0 unspecified atom stereocenters. The van der Waals surface area contributed by atoms with Gasteiger partial charge in [-0.3, -0.25) is 4.79 Å². The van der Waals surface area contributed by atoms with Gasteiger partial charge in [-0.1, -0.05) is 6.07 Å². The fourth-order valence-corrected chi connectivity index (χ4v) is 1.53. The van der Waals surface area contributed by atoms with Crippen LogP contribution in [0.25, 0.3) is 0 Å². The van der Waals surface area contributed by atoms with E-state index in [9.17, 15) is 4.79 Å². The van der Waals surface area contributed by atoms with E-state index in [-0.39, 0.29) is 5.56 Å². The number of hydrogen-bond acceptors (Lipinski definition) is 3. The van der Waals surface area contributed by atoms with Gasteiger partial charge in [-0.2, -0.15) is 0 Å². The Morgan fingerprint density at radius 2 is 2.23 bits per heavy atom. The topological polar surface area (TPSA) is 56.9 Å². The lowest BCUT2D eigenvalue weighted by Gasteiger charge is -2.24. The van der Waals surface area contributed by atoms with Crippen molar-refractivity contribution in [3.8, 4) is 0 Å². The second-order valence-corrected chi connectivity index (χ2v) is 3.20. The van der Waals surface area contributed by atoms with Crippen LogP contribution in [0.15, 0.2) is 23.1 Å². The van der Waals surface area contributed by atoms with Gasteiger partial charge >= 0.3 is 0 Å². The van der Waals surface area contributed by atoms with Crippen molar-refractivity contribution in [2.75, 3.05) is 19.6 Å². The van der Waals surface area contributed by atoms with Crippen LogP contribution in [0.3, 0.4) is 0 Å². The maximum absolute atomic E-state index is 10.8. The van der Waals surface area contributed by atoms with E-state index in [1.54, 1.807) is 12.3 Å². The van der Waals surface area contributed by atoms with Crippen molar-refractivity contribution in [1.29, 1.82) is 0 Å². The highest BCUT2D eigenvalue weighted by Crippen LogP contribution is 2.09. The van der Waals surface area contributed by atoms with Crippen LogP contribution in [-0.4, -0.2) is 24.6 Å². The summed E-state index contributed by atoms with van der Waals surface area (Å²) in [4.78, 5) is 13.5. The van der Waals surface area contributed by atoms with Crippen LogP contribution in [0, 0.1) is 0 Å². The van der Waals surface area contributed by atoms with Crippen molar-refractivity contribution in [2.45, 2.75) is 6.04 Å². The quantitative estimate of drug-likeness (QED) is 0.550. The molecule has 1 aromatic rings. The number of H-pyrrole nitrogens is 1. The van der Waals surface area contributed by atoms with E-state index < -0.39 is 0 Å². The van der Waals surface area contributed by atoms with Crippen LogP contribution in [0.5, 0.6) is 0 Å². The van der Waals surface area contributed by atoms with Crippen molar-refractivity contribution in [3.63, 3.8) is 0 Å². The molecule has 2 heterocycles. The highest BCUT2D eigenvalue weighted by atomic mass is 16.1. The van der Waals surface area contributed by atoms with Crippen molar-refractivity contribution >= 4 is 0 Å². The Kier molecular flexibility index (Phi) is 2.42. The lowest BCUT2D eigenvalue weighted by Crippen LogP contribution is -2.42. The molecule has 0 aliphatic carbocycles. The summed E-state index contributed by atoms with van der Waals surface area (Å²) in [5, 5.41) is 6.66. The fraction of sp³-hybridized carbons (Fsp3) is 0.444. The fourth-order valence-electron chi connectivity index (χ4n) is 1.53. The van der Waals surface area contributed by atoms with E-state index in [1.807, 2.05) is 6.07 Å². The van der Waals surface area contributed by atoms with E-state index >= 15 is 0 Å². The lowest BCUT2D eigenvalue weighted by atomic mass is 10.1. The zero-order valence-electron chi connectivity index (χ0n) is 7.34. The van der Waals surface area contributed by atoms with Crippen molar-refractivity contribution in [3.05, 3.63) is 34.2 Å². The Morgan fingerprint density at radius 3 is 2.85 bits per heavy atom. The zero-order chi connectivity index (χ0) is 9.10. The third-order valence-corrected chi connectivity index (χ3v) is 2.25. The SMILES string of the molecule is O=c1ccc([C@@H]2CNCCN2)c[nH]1. The summed E-state index contributed by atoms with van der Waals surface area (Å²) in [6.07, 6.45) is 1.77. The van der Waals surface area contributed by atoms with Gasteiger partial charge in [0.05, 0.1) is 0 Å². The van der Waals surface area contributed by atoms with Crippen LogP contribution < -0.4 is 16.2 Å². The molecule has 0 radical (unpaired) electrons. The molecule has 0 aromatic carbocycles. The molecule has 4 heteroatoms. The first-order chi connectivity index (χ1) is 6.36. The Morgan fingerprint density at radius 1 is 1.31 bits per heavy atom. The van der Waals surface area contributed by atoms with Crippen molar-refractivity contribution in [1.82, 2.24) is 15.6 Å². The van der Waals surface area contributed by atoms with Gasteiger partial charge in [0.2, 0.25) is 5.56 Å². The average molecular weight is 179 g/mol. The van der Waals surface area contributed by atoms with Crippen LogP contribution >= 0.6 is 0 Å². The third kappa shape index (κ3) is 1.96. The molecule has 0 spiro atoms. The summed E-state index contributed by atoms with van der Waals surface area (Å²) in [5.41, 5.74) is 1.08. The summed E-state index contributed by atoms with van der Waals surface area (Å²) in [6, 6.07) is 3.75. The van der Waals surface area contributed by atoms with Gasteiger partial charge in [-0.25, -0.2) is 0 Å². The summed E-state index contributed by atoms with van der Waals surface area (Å²) >= 11 is 0. The molecule has 4 nitrogen and oxygen atoms in total. The number of rotatable bonds is 1. The number of pyridine rings is 1. The zero-order valence-corrected chi connectivity index (χ0v) is 7.34. The molecule has 0 saturated carbocycles. The number of aromatic nitrogens is 1. The van der Waals surface area contributed by atoms with E-state index in [1.165, 1.54) is 0 Å². The van der Waals surface area contributed by atoms with Gasteiger partial charge in [-0.05, 0) is 5.56 Å². The molecule has 1 aromatic heterocycles. The Hall–Kier alpha value is -1.13. The van der Waals surface area contributed by atoms with Gasteiger partial charge in [0.15, 0.2) is 0 Å². The molecule has 1 aliphatic heterocycles. The van der Waals surface area contributed by atoms with Gasteiger partial charge in [0, 0.05) is 37.9 Å². The molecule has 70 valence electrons. The summed E-state index contributed by atoms with van der Waals surface area (Å²) < 4.78 is 0. The van der Waals surface area contributed by atoms with Crippen LogP contribution in [-0.2, 0) is 0 Å². The second kappa shape index (κ2) is 3.72. The molecule has 1 aliphatic rings. The lowest BCUT2D eigenvalue weighted by molar-refractivity contribution is 0.429. The average Bonchev–Trinajstić information content (AvgIpc) is 2.20. The molecule has 0 bridgehead atoms. The van der Waals surface area contributed by atoms with E-state index in [4.69, 9.17) is 0 Å². The predicted molar refractivity (Wildman–Crippen MR) is 50.7 cm³/mol. The third-order valence-electron chi connectivity index (χ3n) is 2.25. The first kappa shape index (κ1) is 8.47. The van der Waals surface area contributed by atoms with Gasteiger partial charge in [0.1, 0.15) is 0 Å². The molecule has 1 saturated heterocycles. The molecule has 3 N–H and O–H groups in total. The Balaban J connectivity index is 2.14. The summed E-state index contributed by atoms with van der Waals surface area (Å²) in [5.74, 6) is 0. The first-order valence-corrected chi connectivity index (χ1v) is 4.49. The minimum absolute atomic E-state index is 0.0486. The van der Waals surface area contributed by atoms with Gasteiger partial charge in [-0.15, -0.1) is 0 Å². The minimum atomic E-state index is -0.0486. The second-order valence-electron chi connectivity index (χ2n) is 3.20. The van der Waals surface area contributed by atoms with Crippen molar-refractivity contribution in [2.24, 2.45) is 0 Å². The minimum Gasteiger partial charge on any atom is -0.329 e. The van der Waals surface area contributed by atoms with Crippen LogP contribution in [0.2, 0.25) is 0 Å². The Bertz CT molecular complexity index is 307. The predicted octanol–water partition coefficient (Wildman–Crippen LogP) is -0.391. The van der Waals surface area contributed by atoms with E-state index in [0.29, 0.717) is 6.04 Å². The molecule has 2 rings (SSSR count). The van der Waals surface area contributed by atoms with E-state index in [2.05, 4.69) is 15.6 Å². The monoisotopic (exact) mass is 179 g/mol. The Labute approximate surface area is 76.4 Å².